The summed E-state index contributed by atoms with van der Waals surface area (Å²) in [5.41, 5.74) is 8.46. The first-order valence-electron chi connectivity index (χ1n) is 9.99. The van der Waals surface area contributed by atoms with E-state index in [0.29, 0.717) is 22.4 Å². The standard InChI is InChI=1S/C24H24Cl2N2O/c25-19-9-8-18(22(26)15-19)14-23(27)24(29)28-12-10-17(11-13-28)21-7-3-5-16-4-1-2-6-20(16)21/h1-9,15,17,23H,10-14,27H2. The number of amides is 1. The van der Waals surface area contributed by atoms with Gasteiger partial charge in [0.1, 0.15) is 0 Å². The second kappa shape index (κ2) is 8.74. The molecule has 5 heteroatoms. The smallest absolute Gasteiger partial charge is 0.239 e. The van der Waals surface area contributed by atoms with Gasteiger partial charge in [0.15, 0.2) is 0 Å². The average Bonchev–Trinajstić information content (AvgIpc) is 2.75. The highest BCUT2D eigenvalue weighted by atomic mass is 35.5. The minimum Gasteiger partial charge on any atom is -0.341 e. The molecule has 0 radical (unpaired) electrons. The predicted molar refractivity (Wildman–Crippen MR) is 121 cm³/mol. The van der Waals surface area contributed by atoms with E-state index in [1.807, 2.05) is 11.0 Å². The van der Waals surface area contributed by atoms with Gasteiger partial charge in [0, 0.05) is 23.1 Å². The zero-order valence-corrected chi connectivity index (χ0v) is 17.7. The number of carbonyl (C=O) groups is 1. The highest BCUT2D eigenvalue weighted by molar-refractivity contribution is 6.35. The third-order valence-electron chi connectivity index (χ3n) is 5.84. The monoisotopic (exact) mass is 426 g/mol. The van der Waals surface area contributed by atoms with Crippen molar-refractivity contribution in [2.75, 3.05) is 13.1 Å². The van der Waals surface area contributed by atoms with Gasteiger partial charge in [-0.15, -0.1) is 0 Å². The lowest BCUT2D eigenvalue weighted by atomic mass is 9.86. The van der Waals surface area contributed by atoms with E-state index in [2.05, 4.69) is 42.5 Å². The summed E-state index contributed by atoms with van der Waals surface area (Å²) in [6.07, 6.45) is 2.32. The first kappa shape index (κ1) is 20.2. The first-order valence-corrected chi connectivity index (χ1v) is 10.7. The molecule has 0 spiro atoms. The fourth-order valence-electron chi connectivity index (χ4n) is 4.26. The Bertz CT molecular complexity index is 1020. The van der Waals surface area contributed by atoms with Crippen molar-refractivity contribution in [3.05, 3.63) is 81.8 Å². The number of nitrogens with two attached hydrogens (primary N) is 1. The Kier molecular flexibility index (Phi) is 6.09. The minimum absolute atomic E-state index is 0.00705. The molecule has 1 saturated heterocycles. The van der Waals surface area contributed by atoms with Gasteiger partial charge in [-0.3, -0.25) is 4.79 Å². The van der Waals surface area contributed by atoms with Crippen LogP contribution in [0.15, 0.2) is 60.7 Å². The number of hydrogen-bond donors (Lipinski definition) is 1. The number of hydrogen-bond acceptors (Lipinski definition) is 2. The van der Waals surface area contributed by atoms with Crippen molar-refractivity contribution in [2.24, 2.45) is 5.73 Å². The number of piperidine rings is 1. The summed E-state index contributed by atoms with van der Waals surface area (Å²) in [5, 5.41) is 3.71. The SMILES string of the molecule is NC(Cc1ccc(Cl)cc1Cl)C(=O)N1CCC(c2cccc3ccccc23)CC1. The molecular formula is C24H24Cl2N2O. The van der Waals surface area contributed by atoms with Crippen LogP contribution in [0.3, 0.4) is 0 Å². The molecule has 1 aliphatic rings. The molecular weight excluding hydrogens is 403 g/mol. The zero-order chi connectivity index (χ0) is 20.4. The Morgan fingerprint density at radius 2 is 1.76 bits per heavy atom. The highest BCUT2D eigenvalue weighted by Gasteiger charge is 2.28. The number of benzene rings is 3. The van der Waals surface area contributed by atoms with Crippen LogP contribution in [0.4, 0.5) is 0 Å². The van der Waals surface area contributed by atoms with Gasteiger partial charge in [0.2, 0.25) is 5.91 Å². The van der Waals surface area contributed by atoms with Crippen LogP contribution in [0.1, 0.15) is 29.9 Å². The molecule has 0 aromatic heterocycles. The van der Waals surface area contributed by atoms with Gasteiger partial charge in [-0.05, 0) is 59.2 Å². The largest absolute Gasteiger partial charge is 0.341 e. The summed E-state index contributed by atoms with van der Waals surface area (Å²) < 4.78 is 0. The van der Waals surface area contributed by atoms with Crippen molar-refractivity contribution < 1.29 is 4.79 Å². The summed E-state index contributed by atoms with van der Waals surface area (Å²) in [6, 6.07) is 19.7. The van der Waals surface area contributed by atoms with Gasteiger partial charge in [-0.25, -0.2) is 0 Å². The van der Waals surface area contributed by atoms with Crippen molar-refractivity contribution >= 4 is 39.9 Å². The minimum atomic E-state index is -0.595. The van der Waals surface area contributed by atoms with Crippen LogP contribution in [-0.2, 0) is 11.2 Å². The molecule has 0 saturated carbocycles. The molecule has 2 N–H and O–H groups in total. The second-order valence-electron chi connectivity index (χ2n) is 7.71. The third kappa shape index (κ3) is 4.42. The molecule has 4 rings (SSSR count). The summed E-state index contributed by atoms with van der Waals surface area (Å²) >= 11 is 12.2. The molecule has 1 aliphatic heterocycles. The highest BCUT2D eigenvalue weighted by Crippen LogP contribution is 2.33. The maximum absolute atomic E-state index is 12.9. The summed E-state index contributed by atoms with van der Waals surface area (Å²) in [4.78, 5) is 14.8. The van der Waals surface area contributed by atoms with Crippen LogP contribution in [0.2, 0.25) is 10.0 Å². The molecule has 0 aliphatic carbocycles. The topological polar surface area (TPSA) is 46.3 Å². The average molecular weight is 427 g/mol. The van der Waals surface area contributed by atoms with Crippen LogP contribution >= 0.6 is 23.2 Å². The van der Waals surface area contributed by atoms with Crippen molar-refractivity contribution in [1.29, 1.82) is 0 Å². The van der Waals surface area contributed by atoms with Gasteiger partial charge < -0.3 is 10.6 Å². The van der Waals surface area contributed by atoms with Crippen LogP contribution < -0.4 is 5.73 Å². The summed E-state index contributed by atoms with van der Waals surface area (Å²) in [6.45, 7) is 1.46. The van der Waals surface area contributed by atoms with Crippen molar-refractivity contribution in [3.63, 3.8) is 0 Å². The molecule has 3 nitrogen and oxygen atoms in total. The molecule has 1 fully saturated rings. The van der Waals surface area contributed by atoms with Gasteiger partial charge >= 0.3 is 0 Å². The molecule has 0 bridgehead atoms. The second-order valence-corrected chi connectivity index (χ2v) is 8.56. The number of fused-ring (bicyclic) bond motifs is 1. The number of carbonyl (C=O) groups excluding carboxylic acids is 1. The maximum atomic E-state index is 12.9. The fourth-order valence-corrected chi connectivity index (χ4v) is 4.75. The molecule has 1 heterocycles. The number of nitrogens with zero attached hydrogens (tertiary/aromatic N) is 1. The van der Waals surface area contributed by atoms with E-state index in [1.165, 1.54) is 16.3 Å². The Hall–Kier alpha value is -2.07. The van der Waals surface area contributed by atoms with Crippen LogP contribution in [0, 0.1) is 0 Å². The lowest BCUT2D eigenvalue weighted by Gasteiger charge is -2.34. The maximum Gasteiger partial charge on any atom is 0.239 e. The lowest BCUT2D eigenvalue weighted by molar-refractivity contribution is -0.133. The number of rotatable bonds is 4. The van der Waals surface area contributed by atoms with Crippen LogP contribution in [0.5, 0.6) is 0 Å². The van der Waals surface area contributed by atoms with Crippen molar-refractivity contribution in [2.45, 2.75) is 31.2 Å². The van der Waals surface area contributed by atoms with Crippen LogP contribution in [-0.4, -0.2) is 29.9 Å². The number of likely N-dealkylation sites (tertiary alicyclic amines) is 1. The van der Waals surface area contributed by atoms with Crippen LogP contribution in [0.25, 0.3) is 10.8 Å². The molecule has 29 heavy (non-hydrogen) atoms. The third-order valence-corrected chi connectivity index (χ3v) is 6.43. The van der Waals surface area contributed by atoms with E-state index in [1.54, 1.807) is 12.1 Å². The van der Waals surface area contributed by atoms with Crippen molar-refractivity contribution in [1.82, 2.24) is 4.90 Å². The van der Waals surface area contributed by atoms with Gasteiger partial charge in [0.05, 0.1) is 6.04 Å². The Morgan fingerprint density at radius 1 is 1.03 bits per heavy atom. The normalized spacial score (nSPS) is 16.2. The van der Waals surface area contributed by atoms with Gasteiger partial charge in [0.25, 0.3) is 0 Å². The van der Waals surface area contributed by atoms with E-state index in [0.717, 1.165) is 31.5 Å². The number of halogens is 2. The molecule has 150 valence electrons. The molecule has 3 aromatic carbocycles. The van der Waals surface area contributed by atoms with Crippen molar-refractivity contribution in [3.8, 4) is 0 Å². The molecule has 3 aromatic rings. The fraction of sp³-hybridized carbons (Fsp3) is 0.292. The quantitative estimate of drug-likeness (QED) is 0.604. The van der Waals surface area contributed by atoms with Gasteiger partial charge in [-0.1, -0.05) is 71.7 Å². The molecule has 1 atom stereocenters. The summed E-state index contributed by atoms with van der Waals surface area (Å²) in [7, 11) is 0. The van der Waals surface area contributed by atoms with E-state index in [-0.39, 0.29) is 5.91 Å². The van der Waals surface area contributed by atoms with Gasteiger partial charge in [-0.2, -0.15) is 0 Å². The molecule has 1 unspecified atom stereocenters. The Morgan fingerprint density at radius 3 is 2.52 bits per heavy atom. The van der Waals surface area contributed by atoms with E-state index >= 15 is 0 Å². The predicted octanol–water partition coefficient (Wildman–Crippen LogP) is 5.42. The van der Waals surface area contributed by atoms with E-state index in [9.17, 15) is 4.79 Å². The Labute approximate surface area is 181 Å². The van der Waals surface area contributed by atoms with E-state index < -0.39 is 6.04 Å². The zero-order valence-electron chi connectivity index (χ0n) is 16.2. The summed E-state index contributed by atoms with van der Waals surface area (Å²) in [5.74, 6) is 0.458. The Balaban J connectivity index is 1.40. The lowest BCUT2D eigenvalue weighted by Crippen LogP contribution is -2.47. The molecule has 1 amide bonds. The van der Waals surface area contributed by atoms with E-state index in [4.69, 9.17) is 28.9 Å². The first-order chi connectivity index (χ1) is 14.0.